The number of hydrogen-bond donors (Lipinski definition) is 0. The third kappa shape index (κ3) is 2.68. The maximum absolute atomic E-state index is 13.4. The molecule has 0 aromatic heterocycles. The zero-order valence-corrected chi connectivity index (χ0v) is 12.4. The van der Waals surface area contributed by atoms with Crippen LogP contribution < -0.4 is 4.90 Å². The summed E-state index contributed by atoms with van der Waals surface area (Å²) in [5.41, 5.74) is 2.41. The predicted octanol–water partition coefficient (Wildman–Crippen LogP) is 4.54. The van der Waals surface area contributed by atoms with Gasteiger partial charge in [-0.2, -0.15) is 0 Å². The Labute approximate surface area is 123 Å². The van der Waals surface area contributed by atoms with Gasteiger partial charge in [0.05, 0.1) is 0 Å². The predicted molar refractivity (Wildman–Crippen MR) is 84.2 cm³/mol. The molecule has 0 N–H and O–H groups in total. The van der Waals surface area contributed by atoms with Gasteiger partial charge in [0.15, 0.2) is 0 Å². The zero-order valence-electron chi connectivity index (χ0n) is 11.6. The summed E-state index contributed by atoms with van der Waals surface area (Å²) >= 11 is 1.93. The molecule has 20 heavy (non-hydrogen) atoms. The Hall–Kier alpha value is -1.48. The van der Waals surface area contributed by atoms with Crippen molar-refractivity contribution in [2.45, 2.75) is 17.7 Å². The molecule has 1 aliphatic rings. The standard InChI is InChI=1S/C17H18FNS/c1-2-19(15-7-5-6-14(18)10-15)11-13-12-20-17-9-4-3-8-16(13)17/h3-10,13H,2,11-12H2,1H3. The zero-order chi connectivity index (χ0) is 13.9. The van der Waals surface area contributed by atoms with E-state index in [1.54, 1.807) is 12.1 Å². The van der Waals surface area contributed by atoms with Crippen molar-refractivity contribution in [2.24, 2.45) is 0 Å². The van der Waals surface area contributed by atoms with Gasteiger partial charge in [-0.1, -0.05) is 24.3 Å². The first-order valence-corrected chi connectivity index (χ1v) is 7.98. The molecule has 0 spiro atoms. The summed E-state index contributed by atoms with van der Waals surface area (Å²) in [6.45, 7) is 3.97. The molecule has 1 heterocycles. The first kappa shape index (κ1) is 13.5. The number of halogens is 1. The van der Waals surface area contributed by atoms with Crippen LogP contribution in [0.2, 0.25) is 0 Å². The number of benzene rings is 2. The van der Waals surface area contributed by atoms with Crippen molar-refractivity contribution >= 4 is 17.4 Å². The van der Waals surface area contributed by atoms with Gasteiger partial charge in [-0.3, -0.25) is 0 Å². The van der Waals surface area contributed by atoms with E-state index in [2.05, 4.69) is 36.1 Å². The fraction of sp³-hybridized carbons (Fsp3) is 0.294. The minimum Gasteiger partial charge on any atom is -0.371 e. The summed E-state index contributed by atoms with van der Waals surface area (Å²) in [7, 11) is 0. The summed E-state index contributed by atoms with van der Waals surface area (Å²) in [6.07, 6.45) is 0. The second kappa shape index (κ2) is 5.88. The molecular formula is C17H18FNS. The lowest BCUT2D eigenvalue weighted by Crippen LogP contribution is -2.28. The molecule has 2 aromatic carbocycles. The second-order valence-electron chi connectivity index (χ2n) is 5.06. The Kier molecular flexibility index (Phi) is 3.97. The van der Waals surface area contributed by atoms with E-state index in [-0.39, 0.29) is 5.82 Å². The summed E-state index contributed by atoms with van der Waals surface area (Å²) < 4.78 is 13.4. The van der Waals surface area contributed by atoms with Crippen molar-refractivity contribution in [2.75, 3.05) is 23.7 Å². The van der Waals surface area contributed by atoms with E-state index in [0.29, 0.717) is 5.92 Å². The van der Waals surface area contributed by atoms with E-state index >= 15 is 0 Å². The summed E-state index contributed by atoms with van der Waals surface area (Å²) in [5.74, 6) is 1.48. The van der Waals surface area contributed by atoms with Crippen LogP contribution in [0.15, 0.2) is 53.4 Å². The van der Waals surface area contributed by atoms with Gasteiger partial charge in [0.25, 0.3) is 0 Å². The molecule has 1 atom stereocenters. The van der Waals surface area contributed by atoms with Crippen molar-refractivity contribution in [3.63, 3.8) is 0 Å². The van der Waals surface area contributed by atoms with Crippen molar-refractivity contribution in [1.29, 1.82) is 0 Å². The summed E-state index contributed by atoms with van der Waals surface area (Å²) in [4.78, 5) is 3.66. The monoisotopic (exact) mass is 287 g/mol. The van der Waals surface area contributed by atoms with Crippen LogP contribution in [0, 0.1) is 5.82 Å². The summed E-state index contributed by atoms with van der Waals surface area (Å²) in [5, 5.41) is 0. The van der Waals surface area contributed by atoms with E-state index in [4.69, 9.17) is 0 Å². The number of thioether (sulfide) groups is 1. The summed E-state index contributed by atoms with van der Waals surface area (Å²) in [6, 6.07) is 15.5. The van der Waals surface area contributed by atoms with Gasteiger partial charge in [0.1, 0.15) is 5.82 Å². The fourth-order valence-electron chi connectivity index (χ4n) is 2.74. The number of nitrogens with zero attached hydrogens (tertiary/aromatic N) is 1. The molecule has 104 valence electrons. The van der Waals surface area contributed by atoms with Gasteiger partial charge in [0, 0.05) is 35.3 Å². The Morgan fingerprint density at radius 1 is 1.20 bits per heavy atom. The van der Waals surface area contributed by atoms with E-state index in [1.165, 1.54) is 16.5 Å². The van der Waals surface area contributed by atoms with Crippen molar-refractivity contribution in [3.8, 4) is 0 Å². The number of fused-ring (bicyclic) bond motifs is 1. The molecule has 0 amide bonds. The Bertz CT molecular complexity index is 599. The van der Waals surface area contributed by atoms with Crippen molar-refractivity contribution in [3.05, 3.63) is 59.9 Å². The van der Waals surface area contributed by atoms with Gasteiger partial charge < -0.3 is 4.90 Å². The minimum atomic E-state index is -0.165. The van der Waals surface area contributed by atoms with Crippen LogP contribution in [-0.4, -0.2) is 18.8 Å². The lowest BCUT2D eigenvalue weighted by Gasteiger charge is -2.26. The maximum atomic E-state index is 13.4. The molecule has 3 rings (SSSR count). The second-order valence-corrected chi connectivity index (χ2v) is 6.13. The Morgan fingerprint density at radius 3 is 2.85 bits per heavy atom. The molecule has 0 saturated carbocycles. The largest absolute Gasteiger partial charge is 0.371 e. The highest BCUT2D eigenvalue weighted by molar-refractivity contribution is 7.99. The van der Waals surface area contributed by atoms with Gasteiger partial charge in [0.2, 0.25) is 0 Å². The molecule has 1 unspecified atom stereocenters. The topological polar surface area (TPSA) is 3.24 Å². The quantitative estimate of drug-likeness (QED) is 0.812. The van der Waals surface area contributed by atoms with Crippen LogP contribution in [0.1, 0.15) is 18.4 Å². The molecule has 3 heteroatoms. The molecule has 0 aliphatic carbocycles. The fourth-order valence-corrected chi connectivity index (χ4v) is 3.98. The number of anilines is 1. The van der Waals surface area contributed by atoms with Crippen LogP contribution >= 0.6 is 11.8 Å². The average molecular weight is 287 g/mol. The smallest absolute Gasteiger partial charge is 0.125 e. The van der Waals surface area contributed by atoms with E-state index in [9.17, 15) is 4.39 Å². The van der Waals surface area contributed by atoms with Crippen molar-refractivity contribution in [1.82, 2.24) is 0 Å². The van der Waals surface area contributed by atoms with Crippen LogP contribution in [0.5, 0.6) is 0 Å². The number of likely N-dealkylation sites (N-methyl/N-ethyl adjacent to an activating group) is 1. The molecule has 0 saturated heterocycles. The van der Waals surface area contributed by atoms with E-state index < -0.39 is 0 Å². The normalized spacial score (nSPS) is 17.0. The molecule has 0 bridgehead atoms. The molecule has 0 radical (unpaired) electrons. The van der Waals surface area contributed by atoms with Gasteiger partial charge >= 0.3 is 0 Å². The van der Waals surface area contributed by atoms with Gasteiger partial charge in [-0.15, -0.1) is 11.8 Å². The SMILES string of the molecule is CCN(CC1CSc2ccccc21)c1cccc(F)c1. The van der Waals surface area contributed by atoms with Crippen molar-refractivity contribution < 1.29 is 4.39 Å². The Balaban J connectivity index is 1.80. The first-order valence-electron chi connectivity index (χ1n) is 7.00. The first-order chi connectivity index (χ1) is 9.78. The lowest BCUT2D eigenvalue weighted by molar-refractivity contribution is 0.625. The minimum absolute atomic E-state index is 0.165. The Morgan fingerprint density at radius 2 is 2.05 bits per heavy atom. The van der Waals surface area contributed by atoms with E-state index in [0.717, 1.165) is 24.5 Å². The number of rotatable bonds is 4. The highest BCUT2D eigenvalue weighted by Crippen LogP contribution is 2.40. The third-order valence-electron chi connectivity index (χ3n) is 3.79. The maximum Gasteiger partial charge on any atom is 0.125 e. The molecular weight excluding hydrogens is 269 g/mol. The van der Waals surface area contributed by atoms with Crippen LogP contribution in [0.4, 0.5) is 10.1 Å². The van der Waals surface area contributed by atoms with Crippen LogP contribution in [0.25, 0.3) is 0 Å². The highest BCUT2D eigenvalue weighted by Gasteiger charge is 2.24. The van der Waals surface area contributed by atoms with Gasteiger partial charge in [-0.05, 0) is 36.8 Å². The molecule has 0 fully saturated rings. The molecule has 1 nitrogen and oxygen atoms in total. The average Bonchev–Trinajstić information content (AvgIpc) is 2.88. The van der Waals surface area contributed by atoms with Crippen LogP contribution in [0.3, 0.4) is 0 Å². The molecule has 2 aromatic rings. The third-order valence-corrected chi connectivity index (χ3v) is 5.05. The lowest BCUT2D eigenvalue weighted by atomic mass is 10.0. The van der Waals surface area contributed by atoms with E-state index in [1.807, 2.05) is 17.8 Å². The highest BCUT2D eigenvalue weighted by atomic mass is 32.2. The number of hydrogen-bond acceptors (Lipinski definition) is 2. The molecule has 1 aliphatic heterocycles. The van der Waals surface area contributed by atoms with Gasteiger partial charge in [-0.25, -0.2) is 4.39 Å². The van der Waals surface area contributed by atoms with Crippen LogP contribution in [-0.2, 0) is 0 Å².